The quantitative estimate of drug-likeness (QED) is 0.710. The predicted octanol–water partition coefficient (Wildman–Crippen LogP) is 1.60. The van der Waals surface area contributed by atoms with E-state index in [1.807, 2.05) is 6.92 Å². The first-order chi connectivity index (χ1) is 9.97. The van der Waals surface area contributed by atoms with Crippen LogP contribution in [-0.2, 0) is 12.8 Å². The third-order valence-corrected chi connectivity index (χ3v) is 5.40. The lowest BCUT2D eigenvalue weighted by Crippen LogP contribution is -2.12. The number of hydrogen-bond acceptors (Lipinski definition) is 7. The Balaban J connectivity index is 1.91. The first-order valence-electron chi connectivity index (χ1n) is 6.23. The van der Waals surface area contributed by atoms with E-state index in [0.29, 0.717) is 22.6 Å². The monoisotopic (exact) mass is 322 g/mol. The van der Waals surface area contributed by atoms with Crippen molar-refractivity contribution in [3.05, 3.63) is 26.7 Å². The van der Waals surface area contributed by atoms with Crippen molar-refractivity contribution < 1.29 is 0 Å². The van der Waals surface area contributed by atoms with Gasteiger partial charge in [0.1, 0.15) is 16.5 Å². The Morgan fingerprint density at radius 1 is 1.38 bits per heavy atom. The molecule has 0 aromatic carbocycles. The summed E-state index contributed by atoms with van der Waals surface area (Å²) >= 11 is 3.01. The summed E-state index contributed by atoms with van der Waals surface area (Å²) in [6, 6.07) is 0. The van der Waals surface area contributed by atoms with Crippen LogP contribution in [0.5, 0.6) is 0 Å². The molecule has 0 unspecified atom stereocenters. The van der Waals surface area contributed by atoms with Crippen molar-refractivity contribution >= 4 is 39.1 Å². The maximum absolute atomic E-state index is 11.3. The molecule has 3 rings (SSSR count). The smallest absolute Gasteiger partial charge is 0.343 e. The molecule has 0 spiro atoms. The highest BCUT2D eigenvalue weighted by atomic mass is 32.2. The second kappa shape index (κ2) is 5.15. The van der Waals surface area contributed by atoms with E-state index in [1.54, 1.807) is 18.4 Å². The van der Waals surface area contributed by atoms with Crippen LogP contribution in [0.4, 0.5) is 5.82 Å². The first kappa shape index (κ1) is 14.1. The Morgan fingerprint density at radius 2 is 2.14 bits per heavy atom. The molecule has 0 aliphatic heterocycles. The van der Waals surface area contributed by atoms with Gasteiger partial charge in [-0.3, -0.25) is 4.57 Å². The average molecular weight is 322 g/mol. The number of aromatic amines is 1. The van der Waals surface area contributed by atoms with Gasteiger partial charge in [0, 0.05) is 11.9 Å². The van der Waals surface area contributed by atoms with Crippen molar-refractivity contribution in [1.29, 1.82) is 0 Å². The highest BCUT2D eigenvalue weighted by Crippen LogP contribution is 2.32. The van der Waals surface area contributed by atoms with E-state index in [4.69, 9.17) is 5.73 Å². The van der Waals surface area contributed by atoms with Gasteiger partial charge in [0.2, 0.25) is 0 Å². The van der Waals surface area contributed by atoms with Crippen LogP contribution in [0.1, 0.15) is 16.3 Å². The third kappa shape index (κ3) is 2.42. The van der Waals surface area contributed by atoms with Gasteiger partial charge in [0.15, 0.2) is 5.16 Å². The molecule has 0 saturated heterocycles. The molecule has 7 nitrogen and oxygen atoms in total. The number of anilines is 1. The zero-order valence-corrected chi connectivity index (χ0v) is 13.4. The number of nitrogen functional groups attached to an aromatic ring is 1. The normalized spacial score (nSPS) is 11.4. The molecule has 0 aliphatic carbocycles. The van der Waals surface area contributed by atoms with Gasteiger partial charge in [-0.15, -0.1) is 16.4 Å². The lowest BCUT2D eigenvalue weighted by Gasteiger charge is -2.03. The van der Waals surface area contributed by atoms with Crippen LogP contribution in [0.25, 0.3) is 10.2 Å². The van der Waals surface area contributed by atoms with Crippen molar-refractivity contribution in [3.63, 3.8) is 0 Å². The average Bonchev–Trinajstić information content (AvgIpc) is 2.90. The van der Waals surface area contributed by atoms with Gasteiger partial charge in [0.05, 0.1) is 11.1 Å². The minimum absolute atomic E-state index is 0.238. The Morgan fingerprint density at radius 3 is 2.81 bits per heavy atom. The van der Waals surface area contributed by atoms with Crippen LogP contribution in [0, 0.1) is 13.8 Å². The predicted molar refractivity (Wildman–Crippen MR) is 84.7 cm³/mol. The van der Waals surface area contributed by atoms with Crippen LogP contribution in [0.15, 0.2) is 9.95 Å². The molecule has 9 heteroatoms. The Labute approximate surface area is 128 Å². The molecule has 0 atom stereocenters. The number of nitrogens with two attached hydrogens (primary N) is 1. The van der Waals surface area contributed by atoms with E-state index in [0.717, 1.165) is 15.8 Å². The number of H-pyrrole nitrogens is 1. The molecule has 0 fully saturated rings. The lowest BCUT2D eigenvalue weighted by molar-refractivity contribution is 0.765. The van der Waals surface area contributed by atoms with E-state index in [9.17, 15) is 4.79 Å². The van der Waals surface area contributed by atoms with Crippen molar-refractivity contribution in [2.45, 2.75) is 24.8 Å². The second-order valence-corrected chi connectivity index (χ2v) is 6.79. The minimum atomic E-state index is -0.238. The summed E-state index contributed by atoms with van der Waals surface area (Å²) in [4.78, 5) is 22.3. The summed E-state index contributed by atoms with van der Waals surface area (Å²) in [5.74, 6) is 1.66. The van der Waals surface area contributed by atoms with Gasteiger partial charge < -0.3 is 5.73 Å². The van der Waals surface area contributed by atoms with Gasteiger partial charge in [-0.05, 0) is 19.4 Å². The van der Waals surface area contributed by atoms with E-state index in [2.05, 4.69) is 27.1 Å². The number of rotatable bonds is 3. The van der Waals surface area contributed by atoms with E-state index >= 15 is 0 Å². The Hall–Kier alpha value is -1.87. The van der Waals surface area contributed by atoms with Gasteiger partial charge in [0.25, 0.3) is 0 Å². The van der Waals surface area contributed by atoms with Gasteiger partial charge in [-0.2, -0.15) is 0 Å². The summed E-state index contributed by atoms with van der Waals surface area (Å²) in [6.45, 7) is 4.08. The number of aromatic nitrogens is 5. The molecule has 0 saturated carbocycles. The van der Waals surface area contributed by atoms with Crippen molar-refractivity contribution in [3.8, 4) is 0 Å². The third-order valence-electron chi connectivity index (χ3n) is 3.27. The molecule has 3 aromatic rings. The van der Waals surface area contributed by atoms with Gasteiger partial charge in [-0.25, -0.2) is 19.9 Å². The van der Waals surface area contributed by atoms with Crippen LogP contribution < -0.4 is 11.4 Å². The second-order valence-electron chi connectivity index (χ2n) is 4.65. The first-order valence-corrected chi connectivity index (χ1v) is 8.04. The maximum atomic E-state index is 11.3. The molecule has 0 amide bonds. The highest BCUT2D eigenvalue weighted by molar-refractivity contribution is 7.98. The largest absolute Gasteiger partial charge is 0.383 e. The number of hydrogen-bond donors (Lipinski definition) is 2. The number of thiophene rings is 1. The van der Waals surface area contributed by atoms with Gasteiger partial charge >= 0.3 is 5.69 Å². The summed E-state index contributed by atoms with van der Waals surface area (Å²) in [6.07, 6.45) is 0. The summed E-state index contributed by atoms with van der Waals surface area (Å²) in [5.41, 5.74) is 6.95. The fraction of sp³-hybridized carbons (Fsp3) is 0.333. The Kier molecular flexibility index (Phi) is 3.46. The topological polar surface area (TPSA) is 102 Å². The standard InChI is InChI=1S/C12H14N6OS2/c1-5-6(2)21-10-8(5)9(13)14-7(15-10)4-20-12-17-16-11(19)18(12)3/h4H2,1-3H3,(H,16,19)(H2,13,14,15). The zero-order valence-electron chi connectivity index (χ0n) is 11.8. The van der Waals surface area contributed by atoms with Crippen molar-refractivity contribution in [2.75, 3.05) is 5.73 Å². The Bertz CT molecular complexity index is 878. The maximum Gasteiger partial charge on any atom is 0.343 e. The van der Waals surface area contributed by atoms with Crippen LogP contribution in [0.3, 0.4) is 0 Å². The summed E-state index contributed by atoms with van der Waals surface area (Å²) in [7, 11) is 1.67. The molecule has 110 valence electrons. The van der Waals surface area contributed by atoms with Crippen molar-refractivity contribution in [1.82, 2.24) is 24.7 Å². The number of nitrogens with one attached hydrogen (secondary N) is 1. The highest BCUT2D eigenvalue weighted by Gasteiger charge is 2.13. The molecule has 0 radical (unpaired) electrons. The molecular weight excluding hydrogens is 308 g/mol. The molecule has 3 N–H and O–H groups in total. The fourth-order valence-corrected chi connectivity index (χ4v) is 3.81. The molecule has 3 aromatic heterocycles. The fourth-order valence-electron chi connectivity index (χ4n) is 1.98. The SMILES string of the molecule is Cc1sc2nc(CSc3n[nH]c(=O)n3C)nc(N)c2c1C. The zero-order chi connectivity index (χ0) is 15.1. The number of aryl methyl sites for hydroxylation is 2. The molecule has 0 aliphatic rings. The minimum Gasteiger partial charge on any atom is -0.383 e. The number of fused-ring (bicyclic) bond motifs is 1. The molecular formula is C12H14N6OS2. The molecule has 21 heavy (non-hydrogen) atoms. The van der Waals surface area contributed by atoms with Crippen LogP contribution >= 0.6 is 23.1 Å². The van der Waals surface area contributed by atoms with Crippen LogP contribution in [0.2, 0.25) is 0 Å². The summed E-state index contributed by atoms with van der Waals surface area (Å²) in [5, 5.41) is 7.88. The number of nitrogens with zero attached hydrogens (tertiary/aromatic N) is 4. The van der Waals surface area contributed by atoms with Crippen molar-refractivity contribution in [2.24, 2.45) is 7.05 Å². The molecule has 3 heterocycles. The van der Waals surface area contributed by atoms with E-state index in [-0.39, 0.29) is 5.69 Å². The summed E-state index contributed by atoms with van der Waals surface area (Å²) < 4.78 is 1.45. The molecule has 0 bridgehead atoms. The van der Waals surface area contributed by atoms with E-state index in [1.165, 1.54) is 21.2 Å². The van der Waals surface area contributed by atoms with Gasteiger partial charge in [-0.1, -0.05) is 11.8 Å². The lowest BCUT2D eigenvalue weighted by atomic mass is 10.2. The van der Waals surface area contributed by atoms with Crippen LogP contribution in [-0.4, -0.2) is 24.7 Å². The van der Waals surface area contributed by atoms with E-state index < -0.39 is 0 Å². The number of thioether (sulfide) groups is 1.